The third-order valence-electron chi connectivity index (χ3n) is 1.81. The van der Waals surface area contributed by atoms with Crippen molar-refractivity contribution in [3.63, 3.8) is 0 Å². The van der Waals surface area contributed by atoms with Gasteiger partial charge in [-0.1, -0.05) is 0 Å². The minimum absolute atomic E-state index is 0.0271. The summed E-state index contributed by atoms with van der Waals surface area (Å²) in [4.78, 5) is 22.2. The maximum Gasteiger partial charge on any atom is 0.397 e. The molecular formula is C9H11F3N4O3. The van der Waals surface area contributed by atoms with E-state index in [0.29, 0.717) is 0 Å². The summed E-state index contributed by atoms with van der Waals surface area (Å²) < 4.78 is 45.3. The fourth-order valence-corrected chi connectivity index (χ4v) is 1.06. The van der Waals surface area contributed by atoms with Gasteiger partial charge in [0.15, 0.2) is 5.82 Å². The zero-order valence-electron chi connectivity index (χ0n) is 10.1. The second kappa shape index (κ2) is 6.16. The molecule has 7 nitrogen and oxygen atoms in total. The molecule has 0 aliphatic rings. The zero-order chi connectivity index (χ0) is 14.5. The van der Waals surface area contributed by atoms with E-state index in [4.69, 9.17) is 9.47 Å². The van der Waals surface area contributed by atoms with Gasteiger partial charge in [0, 0.05) is 0 Å². The SMILES string of the molecule is COc1nc(CNC(=O)CC(F)(F)F)nc(OC)n1. The lowest BCUT2D eigenvalue weighted by Crippen LogP contribution is -2.28. The molecule has 0 spiro atoms. The Balaban J connectivity index is 2.64. The molecule has 0 aromatic carbocycles. The molecule has 1 rings (SSSR count). The minimum atomic E-state index is -4.56. The molecule has 1 aromatic heterocycles. The van der Waals surface area contributed by atoms with Crippen molar-refractivity contribution in [2.45, 2.75) is 19.1 Å². The standard InChI is InChI=1S/C9H11F3N4O3/c1-18-7-14-5(15-8(16-7)19-2)4-13-6(17)3-9(10,11)12/h3-4H2,1-2H3,(H,13,17). The zero-order valence-corrected chi connectivity index (χ0v) is 10.1. The third-order valence-corrected chi connectivity index (χ3v) is 1.81. The summed E-state index contributed by atoms with van der Waals surface area (Å²) in [6, 6.07) is -0.126. The molecule has 1 heterocycles. The van der Waals surface area contributed by atoms with Crippen molar-refractivity contribution >= 4 is 5.91 Å². The van der Waals surface area contributed by atoms with E-state index in [1.54, 1.807) is 0 Å². The van der Waals surface area contributed by atoms with Gasteiger partial charge in [0.25, 0.3) is 0 Å². The van der Waals surface area contributed by atoms with E-state index in [1.165, 1.54) is 14.2 Å². The van der Waals surface area contributed by atoms with Crippen LogP contribution in [0, 0.1) is 0 Å². The van der Waals surface area contributed by atoms with Gasteiger partial charge in [0.05, 0.1) is 20.8 Å². The summed E-state index contributed by atoms with van der Waals surface area (Å²) in [6.45, 7) is -0.288. The Hall–Kier alpha value is -2.13. The fraction of sp³-hybridized carbons (Fsp3) is 0.556. The Morgan fingerprint density at radius 3 is 2.11 bits per heavy atom. The van der Waals surface area contributed by atoms with Crippen molar-refractivity contribution in [3.8, 4) is 12.0 Å². The van der Waals surface area contributed by atoms with Crippen LogP contribution in [0.2, 0.25) is 0 Å². The summed E-state index contributed by atoms with van der Waals surface area (Å²) in [5.41, 5.74) is 0. The van der Waals surface area contributed by atoms with Crippen molar-refractivity contribution < 1.29 is 27.4 Å². The molecule has 19 heavy (non-hydrogen) atoms. The Bertz CT molecular complexity index is 431. The monoisotopic (exact) mass is 280 g/mol. The van der Waals surface area contributed by atoms with Gasteiger partial charge in [-0.25, -0.2) is 0 Å². The molecule has 10 heteroatoms. The molecule has 0 fully saturated rings. The van der Waals surface area contributed by atoms with E-state index >= 15 is 0 Å². The third kappa shape index (κ3) is 5.36. The van der Waals surface area contributed by atoms with Crippen molar-refractivity contribution in [2.75, 3.05) is 14.2 Å². The molecule has 0 saturated heterocycles. The van der Waals surface area contributed by atoms with E-state index in [9.17, 15) is 18.0 Å². The minimum Gasteiger partial charge on any atom is -0.467 e. The molecule has 0 radical (unpaired) electrons. The van der Waals surface area contributed by atoms with Gasteiger partial charge >= 0.3 is 18.2 Å². The number of ether oxygens (including phenoxy) is 2. The number of methoxy groups -OCH3 is 2. The topological polar surface area (TPSA) is 86.2 Å². The first-order chi connectivity index (χ1) is 8.84. The molecule has 0 bridgehead atoms. The van der Waals surface area contributed by atoms with Crippen LogP contribution >= 0.6 is 0 Å². The lowest BCUT2D eigenvalue weighted by molar-refractivity contribution is -0.153. The van der Waals surface area contributed by atoms with E-state index in [2.05, 4.69) is 15.0 Å². The summed E-state index contributed by atoms with van der Waals surface area (Å²) in [7, 11) is 2.61. The van der Waals surface area contributed by atoms with Gasteiger partial charge in [-0.2, -0.15) is 23.1 Å². The van der Waals surface area contributed by atoms with E-state index in [1.807, 2.05) is 5.32 Å². The number of nitrogens with zero attached hydrogens (tertiary/aromatic N) is 3. The first-order valence-electron chi connectivity index (χ1n) is 5.00. The van der Waals surface area contributed by atoms with Crippen molar-refractivity contribution in [2.24, 2.45) is 0 Å². The number of hydrogen-bond acceptors (Lipinski definition) is 6. The number of alkyl halides is 3. The molecule has 1 N–H and O–H groups in total. The maximum absolute atomic E-state index is 11.9. The van der Waals surface area contributed by atoms with E-state index in [-0.39, 0.29) is 24.4 Å². The second-order valence-electron chi connectivity index (χ2n) is 3.29. The van der Waals surface area contributed by atoms with Crippen LogP contribution in [0.25, 0.3) is 0 Å². The predicted molar refractivity (Wildman–Crippen MR) is 55.4 cm³/mol. The smallest absolute Gasteiger partial charge is 0.397 e. The van der Waals surface area contributed by atoms with Crippen molar-refractivity contribution in [1.82, 2.24) is 20.3 Å². The average molecular weight is 280 g/mol. The highest BCUT2D eigenvalue weighted by molar-refractivity contribution is 5.76. The van der Waals surface area contributed by atoms with Gasteiger partial charge in [-0.3, -0.25) is 4.79 Å². The first-order valence-corrected chi connectivity index (χ1v) is 5.00. The highest BCUT2D eigenvalue weighted by Crippen LogP contribution is 2.19. The first kappa shape index (κ1) is 14.9. The Kier molecular flexibility index (Phi) is 4.84. The van der Waals surface area contributed by atoms with Crippen molar-refractivity contribution in [1.29, 1.82) is 0 Å². The number of halogens is 3. The van der Waals surface area contributed by atoms with Gasteiger partial charge in [0.2, 0.25) is 5.91 Å². The van der Waals surface area contributed by atoms with Crippen LogP contribution in [-0.4, -0.2) is 41.3 Å². The summed E-state index contributed by atoms with van der Waals surface area (Å²) in [5, 5.41) is 2.04. The van der Waals surface area contributed by atoms with Gasteiger partial charge in [-0.05, 0) is 0 Å². The van der Waals surface area contributed by atoms with E-state index < -0.39 is 18.5 Å². The molecule has 0 atom stereocenters. The molecule has 0 unspecified atom stereocenters. The van der Waals surface area contributed by atoms with Crippen LogP contribution in [-0.2, 0) is 11.3 Å². The summed E-state index contributed by atoms with van der Waals surface area (Å²) in [5.74, 6) is -1.15. The Morgan fingerprint density at radius 2 is 1.68 bits per heavy atom. The number of nitrogens with one attached hydrogen (secondary N) is 1. The molecular weight excluding hydrogens is 269 g/mol. The molecule has 1 amide bonds. The second-order valence-corrected chi connectivity index (χ2v) is 3.29. The molecule has 106 valence electrons. The summed E-state index contributed by atoms with van der Waals surface area (Å²) in [6.07, 6.45) is -6.12. The maximum atomic E-state index is 11.9. The van der Waals surface area contributed by atoms with Gasteiger partial charge in [0.1, 0.15) is 6.42 Å². The van der Waals surface area contributed by atoms with Crippen LogP contribution in [0.3, 0.4) is 0 Å². The van der Waals surface area contributed by atoms with Crippen LogP contribution in [0.15, 0.2) is 0 Å². The normalized spacial score (nSPS) is 11.0. The molecule has 0 aliphatic heterocycles. The van der Waals surface area contributed by atoms with Crippen LogP contribution < -0.4 is 14.8 Å². The molecule has 0 saturated carbocycles. The lowest BCUT2D eigenvalue weighted by atomic mass is 10.4. The summed E-state index contributed by atoms with van der Waals surface area (Å²) >= 11 is 0. The lowest BCUT2D eigenvalue weighted by Gasteiger charge is -2.08. The number of rotatable bonds is 5. The largest absolute Gasteiger partial charge is 0.467 e. The van der Waals surface area contributed by atoms with Gasteiger partial charge < -0.3 is 14.8 Å². The number of aromatic nitrogens is 3. The Labute approximate surface area is 106 Å². The highest BCUT2D eigenvalue weighted by Gasteiger charge is 2.31. The molecule has 1 aromatic rings. The highest BCUT2D eigenvalue weighted by atomic mass is 19.4. The number of amides is 1. The predicted octanol–water partition coefficient (Wildman–Crippen LogP) is 0.457. The number of carbonyl (C=O) groups is 1. The van der Waals surface area contributed by atoms with Gasteiger partial charge in [-0.15, -0.1) is 4.98 Å². The van der Waals surface area contributed by atoms with E-state index in [0.717, 1.165) is 0 Å². The average Bonchev–Trinajstić information content (AvgIpc) is 2.33. The van der Waals surface area contributed by atoms with Crippen LogP contribution in [0.4, 0.5) is 13.2 Å². The number of hydrogen-bond donors (Lipinski definition) is 1. The Morgan fingerprint density at radius 1 is 1.16 bits per heavy atom. The van der Waals surface area contributed by atoms with Crippen LogP contribution in [0.5, 0.6) is 12.0 Å². The fourth-order valence-electron chi connectivity index (χ4n) is 1.06. The van der Waals surface area contributed by atoms with Crippen molar-refractivity contribution in [3.05, 3.63) is 5.82 Å². The van der Waals surface area contributed by atoms with Crippen LogP contribution in [0.1, 0.15) is 12.2 Å². The quantitative estimate of drug-likeness (QED) is 0.843. The molecule has 0 aliphatic carbocycles. The number of carbonyl (C=O) groups excluding carboxylic acids is 1.